The molecule has 1 aliphatic heterocycles. The van der Waals surface area contributed by atoms with Gasteiger partial charge in [-0.3, -0.25) is 19.3 Å². The van der Waals surface area contributed by atoms with E-state index < -0.39 is 5.41 Å². The van der Waals surface area contributed by atoms with E-state index in [1.807, 2.05) is 12.1 Å². The smallest absolute Gasteiger partial charge is 0.244 e. The van der Waals surface area contributed by atoms with Crippen molar-refractivity contribution in [1.29, 1.82) is 0 Å². The minimum Gasteiger partial charge on any atom is -0.325 e. The topological polar surface area (TPSA) is 66.5 Å². The second-order valence-electron chi connectivity index (χ2n) is 7.69. The van der Waals surface area contributed by atoms with Crippen LogP contribution in [-0.4, -0.2) is 29.2 Å². The zero-order valence-electron chi connectivity index (χ0n) is 14.5. The van der Waals surface area contributed by atoms with Crippen LogP contribution in [0.1, 0.15) is 56.1 Å². The maximum Gasteiger partial charge on any atom is 0.244 e. The van der Waals surface area contributed by atoms with Crippen LogP contribution in [0.4, 0.5) is 5.69 Å². The van der Waals surface area contributed by atoms with Gasteiger partial charge in [-0.2, -0.15) is 0 Å². The van der Waals surface area contributed by atoms with E-state index >= 15 is 0 Å². The van der Waals surface area contributed by atoms with E-state index in [9.17, 15) is 14.4 Å². The first-order valence-corrected chi connectivity index (χ1v) is 9.34. The summed E-state index contributed by atoms with van der Waals surface area (Å²) in [6.07, 6.45) is 8.25. The minimum absolute atomic E-state index is 0.138. The first-order chi connectivity index (χ1) is 12.1. The number of imide groups is 1. The Morgan fingerprint density at radius 2 is 1.80 bits per heavy atom. The zero-order chi connectivity index (χ0) is 17.4. The van der Waals surface area contributed by atoms with Crippen LogP contribution in [0.5, 0.6) is 0 Å². The van der Waals surface area contributed by atoms with Crippen LogP contribution in [0.15, 0.2) is 18.2 Å². The van der Waals surface area contributed by atoms with E-state index in [0.717, 1.165) is 57.1 Å². The average molecular weight is 340 g/mol. The third kappa shape index (κ3) is 2.96. The predicted octanol–water partition coefficient (Wildman–Crippen LogP) is 2.82. The number of aryl methyl sites for hydroxylation is 2. The molecule has 3 amide bonds. The third-order valence-electron chi connectivity index (χ3n) is 5.98. The van der Waals surface area contributed by atoms with Gasteiger partial charge in [0.25, 0.3) is 0 Å². The molecule has 1 N–H and O–H groups in total. The van der Waals surface area contributed by atoms with Crippen LogP contribution in [0.3, 0.4) is 0 Å². The van der Waals surface area contributed by atoms with E-state index in [1.165, 1.54) is 16.0 Å². The Hall–Kier alpha value is -2.17. The highest BCUT2D eigenvalue weighted by Crippen LogP contribution is 2.45. The first kappa shape index (κ1) is 16.3. The van der Waals surface area contributed by atoms with Gasteiger partial charge in [0.15, 0.2) is 0 Å². The zero-order valence-corrected chi connectivity index (χ0v) is 14.5. The number of likely N-dealkylation sites (tertiary alicyclic amines) is 1. The monoisotopic (exact) mass is 340 g/mol. The number of rotatable bonds is 3. The van der Waals surface area contributed by atoms with E-state index in [-0.39, 0.29) is 30.7 Å². The highest BCUT2D eigenvalue weighted by atomic mass is 16.2. The molecule has 2 aliphatic carbocycles. The van der Waals surface area contributed by atoms with Crippen LogP contribution in [-0.2, 0) is 27.2 Å². The van der Waals surface area contributed by atoms with Crippen molar-refractivity contribution in [3.8, 4) is 0 Å². The summed E-state index contributed by atoms with van der Waals surface area (Å²) in [6.45, 7) is -0.170. The summed E-state index contributed by atoms with van der Waals surface area (Å²) >= 11 is 0. The molecule has 2 fully saturated rings. The maximum absolute atomic E-state index is 12.8. The van der Waals surface area contributed by atoms with Gasteiger partial charge < -0.3 is 5.32 Å². The third-order valence-corrected chi connectivity index (χ3v) is 5.98. The Labute approximate surface area is 147 Å². The number of hydrogen-bond acceptors (Lipinski definition) is 3. The number of carbonyl (C=O) groups is 3. The van der Waals surface area contributed by atoms with Crippen LogP contribution < -0.4 is 5.32 Å². The van der Waals surface area contributed by atoms with Crippen LogP contribution in [0.25, 0.3) is 0 Å². The van der Waals surface area contributed by atoms with Gasteiger partial charge in [-0.1, -0.05) is 25.3 Å². The molecule has 5 heteroatoms. The summed E-state index contributed by atoms with van der Waals surface area (Å²) in [7, 11) is 0. The van der Waals surface area contributed by atoms with Crippen LogP contribution in [0, 0.1) is 5.41 Å². The number of benzene rings is 1. The molecule has 1 saturated carbocycles. The molecule has 1 spiro atoms. The molecule has 0 atom stereocenters. The molecule has 1 saturated heterocycles. The van der Waals surface area contributed by atoms with Gasteiger partial charge in [-0.25, -0.2) is 0 Å². The quantitative estimate of drug-likeness (QED) is 0.861. The number of anilines is 1. The Balaban J connectivity index is 1.42. The summed E-state index contributed by atoms with van der Waals surface area (Å²) < 4.78 is 0. The molecular weight excluding hydrogens is 316 g/mol. The SMILES string of the molecule is O=C(CN1C(=O)CC2(CCCCC2)C1=O)Nc1ccc2c(c1)CCC2. The highest BCUT2D eigenvalue weighted by Gasteiger charge is 2.51. The summed E-state index contributed by atoms with van der Waals surface area (Å²) in [5.41, 5.74) is 2.86. The van der Waals surface area contributed by atoms with E-state index in [1.54, 1.807) is 0 Å². The Kier molecular flexibility index (Phi) is 4.10. The summed E-state index contributed by atoms with van der Waals surface area (Å²) in [6, 6.07) is 5.97. The Morgan fingerprint density at radius 3 is 2.60 bits per heavy atom. The second kappa shape index (κ2) is 6.28. The van der Waals surface area contributed by atoms with Gasteiger partial charge in [0, 0.05) is 12.1 Å². The number of fused-ring (bicyclic) bond motifs is 1. The molecule has 1 heterocycles. The van der Waals surface area contributed by atoms with E-state index in [4.69, 9.17) is 0 Å². The molecule has 0 bridgehead atoms. The number of nitrogens with one attached hydrogen (secondary N) is 1. The van der Waals surface area contributed by atoms with Crippen molar-refractivity contribution in [1.82, 2.24) is 4.90 Å². The van der Waals surface area contributed by atoms with Gasteiger partial charge in [0.1, 0.15) is 6.54 Å². The minimum atomic E-state index is -0.525. The number of hydrogen-bond donors (Lipinski definition) is 1. The molecule has 3 aliphatic rings. The maximum atomic E-state index is 12.8. The van der Waals surface area contributed by atoms with E-state index in [0.29, 0.717) is 0 Å². The first-order valence-electron chi connectivity index (χ1n) is 9.34. The van der Waals surface area contributed by atoms with Crippen molar-refractivity contribution in [2.24, 2.45) is 5.41 Å². The fraction of sp³-hybridized carbons (Fsp3) is 0.550. The molecule has 0 aromatic heterocycles. The molecule has 132 valence electrons. The van der Waals surface area contributed by atoms with Gasteiger partial charge in [0.05, 0.1) is 5.41 Å². The van der Waals surface area contributed by atoms with Crippen LogP contribution in [0.2, 0.25) is 0 Å². The van der Waals surface area contributed by atoms with Crippen LogP contribution >= 0.6 is 0 Å². The number of nitrogens with zero attached hydrogens (tertiary/aromatic N) is 1. The van der Waals surface area contributed by atoms with Gasteiger partial charge in [0.2, 0.25) is 17.7 Å². The van der Waals surface area contributed by atoms with E-state index in [2.05, 4.69) is 11.4 Å². The molecule has 1 aromatic rings. The predicted molar refractivity (Wildman–Crippen MR) is 94.0 cm³/mol. The number of carbonyl (C=O) groups excluding carboxylic acids is 3. The lowest BCUT2D eigenvalue weighted by Gasteiger charge is -2.30. The fourth-order valence-corrected chi connectivity index (χ4v) is 4.63. The lowest BCUT2D eigenvalue weighted by atomic mass is 9.73. The molecule has 5 nitrogen and oxygen atoms in total. The largest absolute Gasteiger partial charge is 0.325 e. The normalized spacial score (nSPS) is 21.7. The molecule has 25 heavy (non-hydrogen) atoms. The van der Waals surface area contributed by atoms with Crippen molar-refractivity contribution in [2.45, 2.75) is 57.8 Å². The van der Waals surface area contributed by atoms with Gasteiger partial charge in [-0.15, -0.1) is 0 Å². The summed E-state index contributed by atoms with van der Waals surface area (Å²) in [4.78, 5) is 38.6. The van der Waals surface area contributed by atoms with Gasteiger partial charge >= 0.3 is 0 Å². The molecular formula is C20H24N2O3. The van der Waals surface area contributed by atoms with Crippen molar-refractivity contribution in [2.75, 3.05) is 11.9 Å². The second-order valence-corrected chi connectivity index (χ2v) is 7.69. The van der Waals surface area contributed by atoms with Crippen molar-refractivity contribution < 1.29 is 14.4 Å². The highest BCUT2D eigenvalue weighted by molar-refractivity contribution is 6.09. The lowest BCUT2D eigenvalue weighted by Crippen LogP contribution is -2.41. The Bertz CT molecular complexity index is 734. The van der Waals surface area contributed by atoms with Crippen molar-refractivity contribution >= 4 is 23.4 Å². The standard InChI is InChI=1S/C20H24N2O3/c23-17(21-16-8-7-14-5-4-6-15(14)11-16)13-22-18(24)12-20(19(22)25)9-2-1-3-10-20/h7-8,11H,1-6,9-10,12-13H2,(H,21,23). The van der Waals surface area contributed by atoms with Crippen molar-refractivity contribution in [3.05, 3.63) is 29.3 Å². The number of amides is 3. The average Bonchev–Trinajstić information content (AvgIpc) is 3.14. The molecule has 1 aromatic carbocycles. The lowest BCUT2D eigenvalue weighted by molar-refractivity contribution is -0.144. The summed E-state index contributed by atoms with van der Waals surface area (Å²) in [5, 5.41) is 2.85. The fourth-order valence-electron chi connectivity index (χ4n) is 4.63. The molecule has 0 unspecified atom stereocenters. The summed E-state index contributed by atoms with van der Waals surface area (Å²) in [5.74, 6) is -0.634. The van der Waals surface area contributed by atoms with Crippen molar-refractivity contribution in [3.63, 3.8) is 0 Å². The molecule has 4 rings (SSSR count). The Morgan fingerprint density at radius 1 is 1.04 bits per heavy atom. The van der Waals surface area contributed by atoms with Gasteiger partial charge in [-0.05, 0) is 55.4 Å². The molecule has 0 radical (unpaired) electrons.